The van der Waals surface area contributed by atoms with Crippen molar-refractivity contribution in [1.29, 1.82) is 0 Å². The molecule has 0 unspecified atom stereocenters. The maximum Gasteiger partial charge on any atom is 0.123 e. The average Bonchev–Trinajstić information content (AvgIpc) is 1.94. The molecule has 0 aliphatic heterocycles. The molecule has 0 fully saturated rings. The summed E-state index contributed by atoms with van der Waals surface area (Å²) in [6, 6.07) is 4.59. The Kier molecular flexibility index (Phi) is 2.44. The van der Waals surface area contributed by atoms with E-state index >= 15 is 0 Å². The zero-order chi connectivity index (χ0) is 7.56. The van der Waals surface area contributed by atoms with Gasteiger partial charge in [-0.05, 0) is 37.1 Å². The molecule has 0 aromatic heterocycles. The van der Waals surface area contributed by atoms with E-state index in [2.05, 4.69) is 22.9 Å². The van der Waals surface area contributed by atoms with Crippen LogP contribution in [0.2, 0.25) is 0 Å². The van der Waals surface area contributed by atoms with E-state index < -0.39 is 0 Å². The maximum absolute atomic E-state index is 12.5. The lowest BCUT2D eigenvalue weighted by Gasteiger charge is -1.98. The van der Waals surface area contributed by atoms with Crippen molar-refractivity contribution in [3.63, 3.8) is 0 Å². The van der Waals surface area contributed by atoms with E-state index in [0.717, 1.165) is 10.0 Å². The molecular formula is C8H7BrF. The van der Waals surface area contributed by atoms with Crippen LogP contribution in [0.25, 0.3) is 0 Å². The van der Waals surface area contributed by atoms with E-state index in [9.17, 15) is 4.39 Å². The van der Waals surface area contributed by atoms with Gasteiger partial charge in [0, 0.05) is 4.47 Å². The fourth-order valence-corrected chi connectivity index (χ4v) is 1.18. The van der Waals surface area contributed by atoms with Crippen molar-refractivity contribution >= 4 is 15.9 Å². The Balaban J connectivity index is 3.09. The van der Waals surface area contributed by atoms with Crippen molar-refractivity contribution < 1.29 is 4.39 Å². The van der Waals surface area contributed by atoms with Crippen LogP contribution in [0, 0.1) is 12.7 Å². The molecule has 10 heavy (non-hydrogen) atoms. The van der Waals surface area contributed by atoms with Gasteiger partial charge in [0.15, 0.2) is 0 Å². The summed E-state index contributed by atoms with van der Waals surface area (Å²) >= 11 is 3.28. The first-order valence-electron chi connectivity index (χ1n) is 2.97. The van der Waals surface area contributed by atoms with Gasteiger partial charge in [-0.2, -0.15) is 0 Å². The highest BCUT2D eigenvalue weighted by Crippen LogP contribution is 2.17. The monoisotopic (exact) mass is 201 g/mol. The van der Waals surface area contributed by atoms with Crippen molar-refractivity contribution in [1.82, 2.24) is 0 Å². The van der Waals surface area contributed by atoms with Crippen LogP contribution in [0.15, 0.2) is 22.7 Å². The lowest BCUT2D eigenvalue weighted by Crippen LogP contribution is -1.83. The molecule has 0 atom stereocenters. The topological polar surface area (TPSA) is 0 Å². The molecule has 0 saturated carbocycles. The average molecular weight is 202 g/mol. The highest BCUT2D eigenvalue weighted by molar-refractivity contribution is 9.10. The van der Waals surface area contributed by atoms with Crippen LogP contribution >= 0.6 is 15.9 Å². The van der Waals surface area contributed by atoms with Gasteiger partial charge in [-0.1, -0.05) is 15.9 Å². The summed E-state index contributed by atoms with van der Waals surface area (Å²) in [6.45, 7) is 3.66. The molecular weight excluding hydrogens is 195 g/mol. The Bertz CT molecular complexity index is 233. The third-order valence-electron chi connectivity index (χ3n) is 1.28. The van der Waals surface area contributed by atoms with Gasteiger partial charge in [-0.15, -0.1) is 0 Å². The van der Waals surface area contributed by atoms with E-state index in [4.69, 9.17) is 0 Å². The molecule has 0 aliphatic carbocycles. The van der Waals surface area contributed by atoms with Crippen LogP contribution in [-0.2, 0) is 6.42 Å². The molecule has 2 heteroatoms. The van der Waals surface area contributed by atoms with Crippen molar-refractivity contribution in [2.24, 2.45) is 0 Å². The Morgan fingerprint density at radius 2 is 2.20 bits per heavy atom. The van der Waals surface area contributed by atoms with Crippen molar-refractivity contribution in [3.05, 3.63) is 41.0 Å². The Labute approximate surface area is 68.2 Å². The third-order valence-corrected chi connectivity index (χ3v) is 2.05. The highest BCUT2D eigenvalue weighted by atomic mass is 79.9. The van der Waals surface area contributed by atoms with Gasteiger partial charge < -0.3 is 0 Å². The maximum atomic E-state index is 12.5. The molecule has 53 valence electrons. The highest BCUT2D eigenvalue weighted by Gasteiger charge is 1.97. The van der Waals surface area contributed by atoms with Crippen LogP contribution in [0.1, 0.15) is 5.56 Å². The largest absolute Gasteiger partial charge is 0.207 e. The van der Waals surface area contributed by atoms with Crippen LogP contribution in [0.4, 0.5) is 4.39 Å². The predicted molar refractivity (Wildman–Crippen MR) is 43.2 cm³/mol. The second-order valence-electron chi connectivity index (χ2n) is 1.99. The smallest absolute Gasteiger partial charge is 0.123 e. The minimum Gasteiger partial charge on any atom is -0.207 e. The van der Waals surface area contributed by atoms with Gasteiger partial charge in [0.05, 0.1) is 0 Å². The molecule has 0 amide bonds. The van der Waals surface area contributed by atoms with Crippen molar-refractivity contribution in [3.8, 4) is 0 Å². The molecule has 0 bridgehead atoms. The molecule has 0 nitrogen and oxygen atoms in total. The second-order valence-corrected chi connectivity index (χ2v) is 2.84. The lowest BCUT2D eigenvalue weighted by atomic mass is 10.2. The zero-order valence-electron chi connectivity index (χ0n) is 5.40. The summed E-state index contributed by atoms with van der Waals surface area (Å²) < 4.78 is 13.4. The Morgan fingerprint density at radius 1 is 1.50 bits per heavy atom. The van der Waals surface area contributed by atoms with E-state index in [-0.39, 0.29) is 5.82 Å². The lowest BCUT2D eigenvalue weighted by molar-refractivity contribution is 0.625. The summed E-state index contributed by atoms with van der Waals surface area (Å²) in [7, 11) is 0. The van der Waals surface area contributed by atoms with E-state index in [1.165, 1.54) is 12.1 Å². The van der Waals surface area contributed by atoms with Gasteiger partial charge in [-0.25, -0.2) is 4.39 Å². The fourth-order valence-electron chi connectivity index (χ4n) is 0.735. The summed E-state index contributed by atoms with van der Waals surface area (Å²) in [5.41, 5.74) is 0.903. The molecule has 0 saturated heterocycles. The molecule has 1 rings (SSSR count). The third kappa shape index (κ3) is 1.57. The van der Waals surface area contributed by atoms with E-state index in [0.29, 0.717) is 6.42 Å². The minimum atomic E-state index is -0.207. The molecule has 1 aromatic carbocycles. The Hall–Kier alpha value is -0.370. The van der Waals surface area contributed by atoms with E-state index in [1.807, 2.05) is 0 Å². The van der Waals surface area contributed by atoms with Crippen LogP contribution in [0.5, 0.6) is 0 Å². The standard InChI is InChI=1S/C8H7BrF/c1-2-6-5-7(10)3-4-8(6)9/h3-5H,1-2H2. The summed E-state index contributed by atoms with van der Waals surface area (Å²) in [6.07, 6.45) is 0.609. The Morgan fingerprint density at radius 3 is 2.70 bits per heavy atom. The van der Waals surface area contributed by atoms with E-state index in [1.54, 1.807) is 6.07 Å². The number of benzene rings is 1. The van der Waals surface area contributed by atoms with Gasteiger partial charge in [0.25, 0.3) is 0 Å². The summed E-state index contributed by atoms with van der Waals surface area (Å²) in [5.74, 6) is -0.207. The molecule has 1 radical (unpaired) electrons. The van der Waals surface area contributed by atoms with Crippen LogP contribution < -0.4 is 0 Å². The predicted octanol–water partition coefficient (Wildman–Crippen LogP) is 2.96. The normalized spacial score (nSPS) is 9.90. The molecule has 0 aliphatic rings. The van der Waals surface area contributed by atoms with Gasteiger partial charge >= 0.3 is 0 Å². The molecule has 0 heterocycles. The number of hydrogen-bond donors (Lipinski definition) is 0. The van der Waals surface area contributed by atoms with Gasteiger partial charge in [-0.3, -0.25) is 0 Å². The second kappa shape index (κ2) is 3.15. The zero-order valence-corrected chi connectivity index (χ0v) is 6.99. The van der Waals surface area contributed by atoms with Crippen molar-refractivity contribution in [2.45, 2.75) is 6.42 Å². The SMILES string of the molecule is [CH2]Cc1cc(F)ccc1Br. The molecule has 0 N–H and O–H groups in total. The summed E-state index contributed by atoms with van der Waals surface area (Å²) in [5, 5.41) is 0. The summed E-state index contributed by atoms with van der Waals surface area (Å²) in [4.78, 5) is 0. The number of rotatable bonds is 1. The first kappa shape index (κ1) is 7.73. The van der Waals surface area contributed by atoms with Crippen LogP contribution in [-0.4, -0.2) is 0 Å². The fraction of sp³-hybridized carbons (Fsp3) is 0.125. The van der Waals surface area contributed by atoms with Crippen molar-refractivity contribution in [2.75, 3.05) is 0 Å². The number of halogens is 2. The first-order valence-corrected chi connectivity index (χ1v) is 3.76. The quantitative estimate of drug-likeness (QED) is 0.656. The van der Waals surface area contributed by atoms with Gasteiger partial charge in [0.2, 0.25) is 0 Å². The van der Waals surface area contributed by atoms with Crippen LogP contribution in [0.3, 0.4) is 0 Å². The number of hydrogen-bond acceptors (Lipinski definition) is 0. The molecule has 0 spiro atoms. The van der Waals surface area contributed by atoms with Gasteiger partial charge in [0.1, 0.15) is 5.82 Å². The molecule has 1 aromatic rings. The minimum absolute atomic E-state index is 0.207. The first-order chi connectivity index (χ1) is 4.74.